The zero-order valence-electron chi connectivity index (χ0n) is 21.2. The molecular formula is C26H50O4. The molecule has 0 aliphatic rings. The number of rotatable bonds is 17. The van der Waals surface area contributed by atoms with Crippen molar-refractivity contribution in [1.29, 1.82) is 0 Å². The molecule has 0 saturated carbocycles. The van der Waals surface area contributed by atoms with Gasteiger partial charge in [0.1, 0.15) is 0 Å². The Morgan fingerprint density at radius 1 is 0.533 bits per heavy atom. The largest absolute Gasteiger partial charge is 0.465 e. The summed E-state index contributed by atoms with van der Waals surface area (Å²) in [7, 11) is 0. The van der Waals surface area contributed by atoms with Crippen LogP contribution < -0.4 is 0 Å². The first kappa shape index (κ1) is 28.9. The lowest BCUT2D eigenvalue weighted by atomic mass is 9.77. The Hall–Kier alpha value is -1.06. The molecule has 2 atom stereocenters. The molecule has 0 amide bonds. The molecular weight excluding hydrogens is 376 g/mol. The van der Waals surface area contributed by atoms with Gasteiger partial charge in [0.05, 0.1) is 25.0 Å². The summed E-state index contributed by atoms with van der Waals surface area (Å²) in [5.41, 5.74) is 0. The van der Waals surface area contributed by atoms with Crippen LogP contribution in [0.4, 0.5) is 0 Å². The minimum atomic E-state index is -0.450. The van der Waals surface area contributed by atoms with Crippen molar-refractivity contribution in [2.75, 3.05) is 13.2 Å². The number of carbonyl (C=O) groups is 2. The second-order valence-electron chi connectivity index (χ2n) is 10.4. The summed E-state index contributed by atoms with van der Waals surface area (Å²) in [4.78, 5) is 25.6. The maximum atomic E-state index is 12.8. The summed E-state index contributed by atoms with van der Waals surface area (Å²) >= 11 is 0. The molecule has 0 N–H and O–H groups in total. The van der Waals surface area contributed by atoms with Gasteiger partial charge in [-0.2, -0.15) is 0 Å². The SMILES string of the molecule is CC(C)CCCCCOC(=O)C(C(C)C)C(C(=O)OCCCCCC(C)C)C(C)C. The summed E-state index contributed by atoms with van der Waals surface area (Å²) in [6.07, 6.45) is 8.67. The van der Waals surface area contributed by atoms with Crippen molar-refractivity contribution >= 4 is 11.9 Å². The normalized spacial score (nSPS) is 13.9. The van der Waals surface area contributed by atoms with E-state index in [1.54, 1.807) is 0 Å². The zero-order valence-corrected chi connectivity index (χ0v) is 21.2. The molecule has 0 aromatic heterocycles. The van der Waals surface area contributed by atoms with Gasteiger partial charge in [0.25, 0.3) is 0 Å². The molecule has 0 rings (SSSR count). The summed E-state index contributed by atoms with van der Waals surface area (Å²) in [5, 5.41) is 0. The van der Waals surface area contributed by atoms with Gasteiger partial charge < -0.3 is 9.47 Å². The minimum Gasteiger partial charge on any atom is -0.465 e. The second kappa shape index (κ2) is 16.6. The first-order valence-corrected chi connectivity index (χ1v) is 12.4. The number of hydrogen-bond donors (Lipinski definition) is 0. The maximum absolute atomic E-state index is 12.8. The summed E-state index contributed by atoms with van der Waals surface area (Å²) in [5.74, 6) is 0.0942. The summed E-state index contributed by atoms with van der Waals surface area (Å²) in [6, 6.07) is 0. The number of carbonyl (C=O) groups excluding carboxylic acids is 2. The first-order chi connectivity index (χ1) is 14.1. The van der Waals surface area contributed by atoms with E-state index in [9.17, 15) is 9.59 Å². The first-order valence-electron chi connectivity index (χ1n) is 12.4. The molecule has 178 valence electrons. The Morgan fingerprint density at radius 3 is 1.13 bits per heavy atom. The van der Waals surface area contributed by atoms with Gasteiger partial charge >= 0.3 is 11.9 Å². The average molecular weight is 427 g/mol. The maximum Gasteiger partial charge on any atom is 0.310 e. The summed E-state index contributed by atoms with van der Waals surface area (Å²) in [6.45, 7) is 17.7. The lowest BCUT2D eigenvalue weighted by molar-refractivity contribution is -0.165. The van der Waals surface area contributed by atoms with Crippen molar-refractivity contribution in [3.8, 4) is 0 Å². The molecule has 0 aromatic carbocycles. The third kappa shape index (κ3) is 13.3. The quantitative estimate of drug-likeness (QED) is 0.185. The van der Waals surface area contributed by atoms with Crippen molar-refractivity contribution in [3.63, 3.8) is 0 Å². The van der Waals surface area contributed by atoms with Crippen LogP contribution in [0.3, 0.4) is 0 Å². The fourth-order valence-electron chi connectivity index (χ4n) is 3.87. The molecule has 0 spiro atoms. The van der Waals surface area contributed by atoms with E-state index < -0.39 is 11.8 Å². The van der Waals surface area contributed by atoms with E-state index in [2.05, 4.69) is 27.7 Å². The molecule has 4 nitrogen and oxygen atoms in total. The van der Waals surface area contributed by atoms with Gasteiger partial charge in [-0.15, -0.1) is 0 Å². The number of hydrogen-bond acceptors (Lipinski definition) is 4. The highest BCUT2D eigenvalue weighted by atomic mass is 16.5. The van der Waals surface area contributed by atoms with E-state index in [1.807, 2.05) is 27.7 Å². The number of esters is 2. The van der Waals surface area contributed by atoms with Crippen LogP contribution in [0.2, 0.25) is 0 Å². The van der Waals surface area contributed by atoms with Crippen molar-refractivity contribution in [3.05, 3.63) is 0 Å². The predicted octanol–water partition coefficient (Wildman–Crippen LogP) is 7.05. The van der Waals surface area contributed by atoms with Crippen molar-refractivity contribution in [2.45, 2.75) is 107 Å². The van der Waals surface area contributed by atoms with E-state index >= 15 is 0 Å². The molecule has 0 saturated heterocycles. The standard InChI is InChI=1S/C26H50O4/c1-19(2)15-11-9-13-17-29-25(27)23(21(5)6)24(22(7)8)26(28)30-18-14-10-12-16-20(3)4/h19-24H,9-18H2,1-8H3. The van der Waals surface area contributed by atoms with Crippen molar-refractivity contribution < 1.29 is 19.1 Å². The van der Waals surface area contributed by atoms with E-state index in [4.69, 9.17) is 9.47 Å². The van der Waals surface area contributed by atoms with Crippen LogP contribution in [0, 0.1) is 35.5 Å². The smallest absolute Gasteiger partial charge is 0.310 e. The van der Waals surface area contributed by atoms with Crippen LogP contribution in [-0.4, -0.2) is 25.2 Å². The Morgan fingerprint density at radius 2 is 0.867 bits per heavy atom. The highest BCUT2D eigenvalue weighted by Crippen LogP contribution is 2.30. The van der Waals surface area contributed by atoms with Crippen molar-refractivity contribution in [2.24, 2.45) is 35.5 Å². The van der Waals surface area contributed by atoms with Gasteiger partial charge in [-0.05, 0) is 36.5 Å². The molecule has 4 heteroatoms. The zero-order chi connectivity index (χ0) is 23.1. The molecule has 0 bridgehead atoms. The van der Waals surface area contributed by atoms with E-state index in [1.165, 1.54) is 25.7 Å². The minimum absolute atomic E-state index is 0.0319. The van der Waals surface area contributed by atoms with Gasteiger partial charge in [0, 0.05) is 0 Å². The van der Waals surface area contributed by atoms with E-state index in [0.29, 0.717) is 25.0 Å². The second-order valence-corrected chi connectivity index (χ2v) is 10.4. The van der Waals surface area contributed by atoms with Gasteiger partial charge in [0.15, 0.2) is 0 Å². The van der Waals surface area contributed by atoms with Crippen LogP contribution in [0.5, 0.6) is 0 Å². The van der Waals surface area contributed by atoms with Crippen LogP contribution in [0.25, 0.3) is 0 Å². The van der Waals surface area contributed by atoms with Crippen LogP contribution >= 0.6 is 0 Å². The summed E-state index contributed by atoms with van der Waals surface area (Å²) < 4.78 is 11.2. The monoisotopic (exact) mass is 426 g/mol. The fraction of sp³-hybridized carbons (Fsp3) is 0.923. The molecule has 2 unspecified atom stereocenters. The van der Waals surface area contributed by atoms with Gasteiger partial charge in [-0.1, -0.05) is 93.9 Å². The van der Waals surface area contributed by atoms with Crippen molar-refractivity contribution in [1.82, 2.24) is 0 Å². The highest BCUT2D eigenvalue weighted by molar-refractivity contribution is 5.82. The van der Waals surface area contributed by atoms with Gasteiger partial charge in [-0.25, -0.2) is 0 Å². The predicted molar refractivity (Wildman–Crippen MR) is 125 cm³/mol. The molecule has 0 fully saturated rings. The number of ether oxygens (including phenoxy) is 2. The third-order valence-corrected chi connectivity index (χ3v) is 5.71. The lowest BCUT2D eigenvalue weighted by Gasteiger charge is -2.29. The highest BCUT2D eigenvalue weighted by Gasteiger charge is 2.40. The third-order valence-electron chi connectivity index (χ3n) is 5.71. The molecule has 0 radical (unpaired) electrons. The fourth-order valence-corrected chi connectivity index (χ4v) is 3.87. The average Bonchev–Trinajstić information content (AvgIpc) is 2.63. The molecule has 0 heterocycles. The van der Waals surface area contributed by atoms with E-state index in [0.717, 1.165) is 25.7 Å². The molecule has 0 aromatic rings. The Balaban J connectivity index is 4.59. The molecule has 0 aliphatic heterocycles. The van der Waals surface area contributed by atoms with Crippen LogP contribution in [0.15, 0.2) is 0 Å². The van der Waals surface area contributed by atoms with E-state index in [-0.39, 0.29) is 23.8 Å². The Bertz CT molecular complexity index is 412. The molecule has 0 aliphatic carbocycles. The molecule has 30 heavy (non-hydrogen) atoms. The van der Waals surface area contributed by atoms with Gasteiger partial charge in [0.2, 0.25) is 0 Å². The Labute approximate surface area is 186 Å². The number of unbranched alkanes of at least 4 members (excludes halogenated alkanes) is 4. The van der Waals surface area contributed by atoms with Crippen LogP contribution in [-0.2, 0) is 19.1 Å². The van der Waals surface area contributed by atoms with Crippen LogP contribution in [0.1, 0.15) is 107 Å². The van der Waals surface area contributed by atoms with Gasteiger partial charge in [-0.3, -0.25) is 9.59 Å². The topological polar surface area (TPSA) is 52.6 Å². The Kier molecular flexibility index (Phi) is 16.0. The lowest BCUT2D eigenvalue weighted by Crippen LogP contribution is -2.39.